The minimum atomic E-state index is -0.0711. The van der Waals surface area contributed by atoms with Gasteiger partial charge in [-0.1, -0.05) is 6.92 Å². The van der Waals surface area contributed by atoms with E-state index in [4.69, 9.17) is 10.5 Å². The molecule has 0 radical (unpaired) electrons. The van der Waals surface area contributed by atoms with Gasteiger partial charge in [-0.15, -0.1) is 0 Å². The fourth-order valence-corrected chi connectivity index (χ4v) is 1.27. The first-order valence-corrected chi connectivity index (χ1v) is 5.35. The van der Waals surface area contributed by atoms with E-state index in [0.29, 0.717) is 6.42 Å². The van der Waals surface area contributed by atoms with Crippen LogP contribution >= 0.6 is 0 Å². The van der Waals surface area contributed by atoms with Gasteiger partial charge in [0.25, 0.3) is 0 Å². The van der Waals surface area contributed by atoms with E-state index in [1.165, 1.54) is 0 Å². The quantitative estimate of drug-likeness (QED) is 0.798. The smallest absolute Gasteiger partial charge is 0.225 e. The molecule has 0 aliphatic heterocycles. The van der Waals surface area contributed by atoms with Crippen molar-refractivity contribution in [1.82, 2.24) is 0 Å². The fraction of sp³-hybridized carbons (Fsp3) is 0.417. The topological polar surface area (TPSA) is 64.4 Å². The average Bonchev–Trinajstić information content (AvgIpc) is 2.29. The first-order chi connectivity index (χ1) is 7.65. The molecule has 1 atom stereocenters. The SMILES string of the molecule is CCC(N)CC(=O)Nc1ccc(OC)cc1. The highest BCUT2D eigenvalue weighted by molar-refractivity contribution is 5.91. The number of benzene rings is 1. The molecule has 0 fully saturated rings. The summed E-state index contributed by atoms with van der Waals surface area (Å²) in [7, 11) is 1.61. The number of amides is 1. The van der Waals surface area contributed by atoms with Gasteiger partial charge in [0.05, 0.1) is 7.11 Å². The summed E-state index contributed by atoms with van der Waals surface area (Å²) in [5.41, 5.74) is 6.45. The monoisotopic (exact) mass is 222 g/mol. The zero-order valence-corrected chi connectivity index (χ0v) is 9.69. The molecule has 0 spiro atoms. The van der Waals surface area contributed by atoms with Crippen LogP contribution in [0.1, 0.15) is 19.8 Å². The number of ether oxygens (including phenoxy) is 1. The van der Waals surface area contributed by atoms with Crippen molar-refractivity contribution in [2.75, 3.05) is 12.4 Å². The number of anilines is 1. The molecule has 3 N–H and O–H groups in total. The zero-order valence-electron chi connectivity index (χ0n) is 9.69. The average molecular weight is 222 g/mol. The molecule has 0 heterocycles. The number of nitrogens with two attached hydrogens (primary N) is 1. The molecular formula is C12H18N2O2. The number of rotatable bonds is 5. The van der Waals surface area contributed by atoms with E-state index in [-0.39, 0.29) is 11.9 Å². The van der Waals surface area contributed by atoms with Gasteiger partial charge in [0.2, 0.25) is 5.91 Å². The molecule has 4 nitrogen and oxygen atoms in total. The van der Waals surface area contributed by atoms with Crippen LogP contribution in [0.3, 0.4) is 0 Å². The molecule has 1 aromatic carbocycles. The van der Waals surface area contributed by atoms with Crippen LogP contribution in [0.5, 0.6) is 5.75 Å². The van der Waals surface area contributed by atoms with Crippen LogP contribution in [-0.2, 0) is 4.79 Å². The highest BCUT2D eigenvalue weighted by atomic mass is 16.5. The van der Waals surface area contributed by atoms with Gasteiger partial charge >= 0.3 is 0 Å². The summed E-state index contributed by atoms with van der Waals surface area (Å²) in [6, 6.07) is 7.13. The molecule has 1 unspecified atom stereocenters. The van der Waals surface area contributed by atoms with Crippen molar-refractivity contribution in [1.29, 1.82) is 0 Å². The molecule has 0 aromatic heterocycles. The molecule has 0 saturated carbocycles. The Morgan fingerprint density at radius 3 is 2.56 bits per heavy atom. The standard InChI is InChI=1S/C12H18N2O2/c1-3-9(13)8-12(15)14-10-4-6-11(16-2)7-5-10/h4-7,9H,3,8,13H2,1-2H3,(H,14,15). The highest BCUT2D eigenvalue weighted by Crippen LogP contribution is 2.15. The van der Waals surface area contributed by atoms with Crippen LogP contribution in [0.4, 0.5) is 5.69 Å². The van der Waals surface area contributed by atoms with E-state index in [2.05, 4.69) is 5.32 Å². The third kappa shape index (κ3) is 3.90. The number of nitrogens with one attached hydrogen (secondary N) is 1. The van der Waals surface area contributed by atoms with Crippen LogP contribution in [0.2, 0.25) is 0 Å². The third-order valence-corrected chi connectivity index (χ3v) is 2.35. The molecule has 16 heavy (non-hydrogen) atoms. The molecular weight excluding hydrogens is 204 g/mol. The normalized spacial score (nSPS) is 11.9. The van der Waals surface area contributed by atoms with Gasteiger partial charge in [-0.05, 0) is 30.7 Å². The predicted molar refractivity (Wildman–Crippen MR) is 64.5 cm³/mol. The van der Waals surface area contributed by atoms with Crippen LogP contribution in [-0.4, -0.2) is 19.1 Å². The Hall–Kier alpha value is -1.55. The molecule has 88 valence electrons. The molecule has 1 rings (SSSR count). The van der Waals surface area contributed by atoms with Crippen molar-refractivity contribution in [3.8, 4) is 5.75 Å². The summed E-state index contributed by atoms with van der Waals surface area (Å²) in [6.45, 7) is 1.96. The Morgan fingerprint density at radius 1 is 1.44 bits per heavy atom. The summed E-state index contributed by atoms with van der Waals surface area (Å²) in [5.74, 6) is 0.711. The zero-order chi connectivity index (χ0) is 12.0. The van der Waals surface area contributed by atoms with Gasteiger partial charge in [-0.25, -0.2) is 0 Å². The van der Waals surface area contributed by atoms with E-state index in [1.54, 1.807) is 31.4 Å². The first kappa shape index (κ1) is 12.5. The second-order valence-corrected chi connectivity index (χ2v) is 3.65. The summed E-state index contributed by atoms with van der Waals surface area (Å²) in [6.07, 6.45) is 1.15. The van der Waals surface area contributed by atoms with Crippen molar-refractivity contribution in [3.63, 3.8) is 0 Å². The van der Waals surface area contributed by atoms with Crippen molar-refractivity contribution in [2.45, 2.75) is 25.8 Å². The molecule has 0 saturated heterocycles. The molecule has 1 aromatic rings. The van der Waals surface area contributed by atoms with E-state index in [9.17, 15) is 4.79 Å². The minimum Gasteiger partial charge on any atom is -0.497 e. The van der Waals surface area contributed by atoms with E-state index >= 15 is 0 Å². The lowest BCUT2D eigenvalue weighted by Crippen LogP contribution is -2.26. The molecule has 0 bridgehead atoms. The van der Waals surface area contributed by atoms with Crippen LogP contribution in [0.15, 0.2) is 24.3 Å². The Labute approximate surface area is 95.8 Å². The fourth-order valence-electron chi connectivity index (χ4n) is 1.27. The summed E-state index contributed by atoms with van der Waals surface area (Å²) >= 11 is 0. The largest absolute Gasteiger partial charge is 0.497 e. The second-order valence-electron chi connectivity index (χ2n) is 3.65. The van der Waals surface area contributed by atoms with Crippen molar-refractivity contribution >= 4 is 11.6 Å². The van der Waals surface area contributed by atoms with E-state index in [1.807, 2.05) is 6.92 Å². The molecule has 0 aliphatic carbocycles. The summed E-state index contributed by atoms with van der Waals surface area (Å²) in [4.78, 5) is 11.5. The highest BCUT2D eigenvalue weighted by Gasteiger charge is 2.07. The van der Waals surface area contributed by atoms with E-state index in [0.717, 1.165) is 17.9 Å². The van der Waals surface area contributed by atoms with Gasteiger partial charge in [0.15, 0.2) is 0 Å². The van der Waals surface area contributed by atoms with Gasteiger partial charge in [0, 0.05) is 18.2 Å². The van der Waals surface area contributed by atoms with Gasteiger partial charge in [0.1, 0.15) is 5.75 Å². The summed E-state index contributed by atoms with van der Waals surface area (Å²) in [5, 5.41) is 2.78. The first-order valence-electron chi connectivity index (χ1n) is 5.35. The van der Waals surface area contributed by atoms with Gasteiger partial charge in [-0.3, -0.25) is 4.79 Å². The van der Waals surface area contributed by atoms with Crippen molar-refractivity contribution in [3.05, 3.63) is 24.3 Å². The number of hydrogen-bond donors (Lipinski definition) is 2. The third-order valence-electron chi connectivity index (χ3n) is 2.35. The number of methoxy groups -OCH3 is 1. The van der Waals surface area contributed by atoms with Crippen LogP contribution in [0.25, 0.3) is 0 Å². The molecule has 4 heteroatoms. The Bertz CT molecular complexity index is 335. The minimum absolute atomic E-state index is 0.0560. The van der Waals surface area contributed by atoms with Gasteiger partial charge < -0.3 is 15.8 Å². The Kier molecular flexibility index (Phi) is 4.79. The lowest BCUT2D eigenvalue weighted by atomic mass is 10.1. The second kappa shape index (κ2) is 6.12. The summed E-state index contributed by atoms with van der Waals surface area (Å²) < 4.78 is 5.02. The van der Waals surface area contributed by atoms with Crippen LogP contribution < -0.4 is 15.8 Å². The van der Waals surface area contributed by atoms with Crippen molar-refractivity contribution in [2.24, 2.45) is 5.73 Å². The Balaban J connectivity index is 2.49. The number of hydrogen-bond acceptors (Lipinski definition) is 3. The Morgan fingerprint density at radius 2 is 2.06 bits per heavy atom. The lowest BCUT2D eigenvalue weighted by molar-refractivity contribution is -0.116. The maximum Gasteiger partial charge on any atom is 0.225 e. The molecule has 1 amide bonds. The lowest BCUT2D eigenvalue weighted by Gasteiger charge is -2.09. The molecule has 0 aliphatic rings. The number of carbonyl (C=O) groups excluding carboxylic acids is 1. The van der Waals surface area contributed by atoms with Crippen molar-refractivity contribution < 1.29 is 9.53 Å². The predicted octanol–water partition coefficient (Wildman–Crippen LogP) is 1.76. The maximum atomic E-state index is 11.5. The van der Waals surface area contributed by atoms with Gasteiger partial charge in [-0.2, -0.15) is 0 Å². The maximum absolute atomic E-state index is 11.5. The number of carbonyl (C=O) groups is 1. The van der Waals surface area contributed by atoms with E-state index < -0.39 is 0 Å². The van der Waals surface area contributed by atoms with Crippen LogP contribution in [0, 0.1) is 0 Å².